The molecule has 0 N–H and O–H groups in total. The van der Waals surface area contributed by atoms with Gasteiger partial charge in [-0.05, 0) is 6.07 Å². The highest BCUT2D eigenvalue weighted by molar-refractivity contribution is 4.84. The third-order valence-electron chi connectivity index (χ3n) is 1.34. The summed E-state index contributed by atoms with van der Waals surface area (Å²) in [5.41, 5.74) is 0. The molecular formula is C7H7N3O. The van der Waals surface area contributed by atoms with Crippen LogP contribution in [0.3, 0.4) is 0 Å². The van der Waals surface area contributed by atoms with E-state index in [0.29, 0.717) is 12.4 Å². The lowest BCUT2D eigenvalue weighted by Crippen LogP contribution is -1.99. The fourth-order valence-electron chi connectivity index (χ4n) is 0.864. The molecular weight excluding hydrogens is 142 g/mol. The highest BCUT2D eigenvalue weighted by Gasteiger charge is 1.96. The first-order valence-electron chi connectivity index (χ1n) is 3.31. The molecule has 11 heavy (non-hydrogen) atoms. The highest BCUT2D eigenvalue weighted by atomic mass is 16.3. The normalized spacial score (nSPS) is 10.2. The minimum atomic E-state index is 0.597. The zero-order chi connectivity index (χ0) is 7.52. The van der Waals surface area contributed by atoms with Crippen LogP contribution >= 0.6 is 0 Å². The largest absolute Gasteiger partial charge is 0.447 e. The molecule has 2 aromatic heterocycles. The molecule has 0 spiro atoms. The first-order valence-corrected chi connectivity index (χ1v) is 3.31. The molecule has 0 saturated heterocycles. The Morgan fingerprint density at radius 3 is 3.09 bits per heavy atom. The molecule has 4 nitrogen and oxygen atoms in total. The average Bonchev–Trinajstić information content (AvgIpc) is 2.60. The van der Waals surface area contributed by atoms with Crippen LogP contribution in [0.15, 0.2) is 35.3 Å². The van der Waals surface area contributed by atoms with Crippen molar-refractivity contribution in [2.75, 3.05) is 0 Å². The van der Waals surface area contributed by atoms with Crippen LogP contribution in [-0.4, -0.2) is 14.8 Å². The van der Waals surface area contributed by atoms with Gasteiger partial charge in [-0.2, -0.15) is 5.10 Å². The van der Waals surface area contributed by atoms with E-state index in [4.69, 9.17) is 4.42 Å². The van der Waals surface area contributed by atoms with Gasteiger partial charge in [0.25, 0.3) is 0 Å². The van der Waals surface area contributed by atoms with Crippen molar-refractivity contribution in [1.82, 2.24) is 14.8 Å². The number of oxazole rings is 1. The van der Waals surface area contributed by atoms with Crippen LogP contribution in [0.1, 0.15) is 5.89 Å². The number of hydrogen-bond donors (Lipinski definition) is 0. The Labute approximate surface area is 63.5 Å². The summed E-state index contributed by atoms with van der Waals surface area (Å²) in [4.78, 5) is 3.96. The second kappa shape index (κ2) is 2.57. The Morgan fingerprint density at radius 2 is 2.45 bits per heavy atom. The molecule has 0 aliphatic carbocycles. The van der Waals surface area contributed by atoms with Crippen molar-refractivity contribution in [3.05, 3.63) is 36.8 Å². The summed E-state index contributed by atoms with van der Waals surface area (Å²) >= 11 is 0. The lowest BCUT2D eigenvalue weighted by molar-refractivity contribution is 0.465. The van der Waals surface area contributed by atoms with E-state index in [2.05, 4.69) is 10.1 Å². The average molecular weight is 149 g/mol. The van der Waals surface area contributed by atoms with Gasteiger partial charge < -0.3 is 4.42 Å². The molecule has 0 bridgehead atoms. The van der Waals surface area contributed by atoms with Gasteiger partial charge in [-0.15, -0.1) is 0 Å². The van der Waals surface area contributed by atoms with Crippen LogP contribution in [0.5, 0.6) is 0 Å². The van der Waals surface area contributed by atoms with Crippen LogP contribution in [0.25, 0.3) is 0 Å². The Balaban J connectivity index is 2.14. The maximum Gasteiger partial charge on any atom is 0.215 e. The third kappa shape index (κ3) is 1.29. The van der Waals surface area contributed by atoms with Gasteiger partial charge in [0.15, 0.2) is 0 Å². The van der Waals surface area contributed by atoms with Crippen molar-refractivity contribution in [2.24, 2.45) is 0 Å². The predicted octanol–water partition coefficient (Wildman–Crippen LogP) is 0.919. The van der Waals surface area contributed by atoms with Crippen molar-refractivity contribution < 1.29 is 4.42 Å². The Bertz CT molecular complexity index is 266. The summed E-state index contributed by atoms with van der Waals surface area (Å²) in [5.74, 6) is 0.675. The number of nitrogens with zero attached hydrogens (tertiary/aromatic N) is 3. The van der Waals surface area contributed by atoms with Gasteiger partial charge in [0, 0.05) is 12.4 Å². The molecule has 0 aliphatic rings. The minimum Gasteiger partial charge on any atom is -0.447 e. The van der Waals surface area contributed by atoms with Gasteiger partial charge in [-0.3, -0.25) is 4.68 Å². The van der Waals surface area contributed by atoms with E-state index in [-0.39, 0.29) is 0 Å². The van der Waals surface area contributed by atoms with Gasteiger partial charge >= 0.3 is 0 Å². The fraction of sp³-hybridized carbons (Fsp3) is 0.143. The predicted molar refractivity (Wildman–Crippen MR) is 37.8 cm³/mol. The summed E-state index contributed by atoms with van der Waals surface area (Å²) < 4.78 is 6.79. The second-order valence-electron chi connectivity index (χ2n) is 2.13. The Kier molecular flexibility index (Phi) is 1.44. The molecule has 0 aromatic carbocycles. The molecule has 0 atom stereocenters. The van der Waals surface area contributed by atoms with Crippen molar-refractivity contribution in [2.45, 2.75) is 6.54 Å². The summed E-state index contributed by atoms with van der Waals surface area (Å²) in [6, 6.07) is 1.86. The molecule has 0 amide bonds. The first kappa shape index (κ1) is 6.15. The Morgan fingerprint density at radius 1 is 1.45 bits per heavy atom. The van der Waals surface area contributed by atoms with Gasteiger partial charge in [-0.25, -0.2) is 4.98 Å². The van der Waals surface area contributed by atoms with E-state index in [1.54, 1.807) is 23.3 Å². The van der Waals surface area contributed by atoms with Crippen molar-refractivity contribution in [3.8, 4) is 0 Å². The maximum atomic E-state index is 5.03. The molecule has 0 unspecified atom stereocenters. The van der Waals surface area contributed by atoms with Crippen molar-refractivity contribution in [3.63, 3.8) is 0 Å². The lowest BCUT2D eigenvalue weighted by atomic mass is 10.6. The topological polar surface area (TPSA) is 43.9 Å². The van der Waals surface area contributed by atoms with E-state index < -0.39 is 0 Å². The molecule has 2 aromatic rings. The van der Waals surface area contributed by atoms with Gasteiger partial charge in [-0.1, -0.05) is 0 Å². The molecule has 0 fully saturated rings. The molecule has 4 heteroatoms. The van der Waals surface area contributed by atoms with Crippen molar-refractivity contribution >= 4 is 0 Å². The smallest absolute Gasteiger partial charge is 0.215 e. The number of rotatable bonds is 2. The van der Waals surface area contributed by atoms with Crippen LogP contribution in [0.2, 0.25) is 0 Å². The molecule has 0 radical (unpaired) electrons. The first-order chi connectivity index (χ1) is 5.45. The van der Waals surface area contributed by atoms with E-state index in [1.807, 2.05) is 12.3 Å². The summed E-state index contributed by atoms with van der Waals surface area (Å²) in [6.07, 6.45) is 6.77. The summed E-state index contributed by atoms with van der Waals surface area (Å²) in [5, 5.41) is 4.01. The van der Waals surface area contributed by atoms with E-state index in [1.165, 1.54) is 0 Å². The number of hydrogen-bond acceptors (Lipinski definition) is 3. The fourth-order valence-corrected chi connectivity index (χ4v) is 0.864. The van der Waals surface area contributed by atoms with Gasteiger partial charge in [0.2, 0.25) is 5.89 Å². The molecule has 0 saturated carbocycles. The second-order valence-corrected chi connectivity index (χ2v) is 2.13. The zero-order valence-corrected chi connectivity index (χ0v) is 5.84. The van der Waals surface area contributed by atoms with Crippen molar-refractivity contribution in [1.29, 1.82) is 0 Å². The summed E-state index contributed by atoms with van der Waals surface area (Å²) in [6.45, 7) is 0.597. The van der Waals surface area contributed by atoms with Crippen LogP contribution in [0.4, 0.5) is 0 Å². The highest BCUT2D eigenvalue weighted by Crippen LogP contribution is 1.96. The Hall–Kier alpha value is -1.58. The van der Waals surface area contributed by atoms with Gasteiger partial charge in [0.1, 0.15) is 12.8 Å². The summed E-state index contributed by atoms with van der Waals surface area (Å²) in [7, 11) is 0. The molecule has 2 rings (SSSR count). The molecule has 0 aliphatic heterocycles. The lowest BCUT2D eigenvalue weighted by Gasteiger charge is -1.93. The third-order valence-corrected chi connectivity index (χ3v) is 1.34. The monoisotopic (exact) mass is 149 g/mol. The quantitative estimate of drug-likeness (QED) is 0.637. The SMILES string of the molecule is c1cnn(Cc2ncco2)c1. The van der Waals surface area contributed by atoms with E-state index >= 15 is 0 Å². The van der Waals surface area contributed by atoms with Gasteiger partial charge in [0.05, 0.1) is 6.20 Å². The van der Waals surface area contributed by atoms with E-state index in [0.717, 1.165) is 0 Å². The maximum absolute atomic E-state index is 5.03. The van der Waals surface area contributed by atoms with Crippen LogP contribution in [-0.2, 0) is 6.54 Å². The van der Waals surface area contributed by atoms with E-state index in [9.17, 15) is 0 Å². The molecule has 2 heterocycles. The zero-order valence-electron chi connectivity index (χ0n) is 5.84. The standard InChI is InChI=1S/C7H7N3O/c1-2-9-10(4-1)6-7-8-3-5-11-7/h1-5H,6H2. The molecule has 56 valence electrons. The number of aromatic nitrogens is 3. The minimum absolute atomic E-state index is 0.597. The van der Waals surface area contributed by atoms with Crippen LogP contribution < -0.4 is 0 Å². The van der Waals surface area contributed by atoms with Crippen LogP contribution in [0, 0.1) is 0 Å².